The maximum atomic E-state index is 11.4. The molecule has 4 nitrogen and oxygen atoms in total. The van der Waals surface area contributed by atoms with E-state index in [1.807, 2.05) is 19.2 Å². The van der Waals surface area contributed by atoms with Crippen LogP contribution in [0.25, 0.3) is 0 Å². The second-order valence-corrected chi connectivity index (χ2v) is 7.54. The molecule has 0 aromatic heterocycles. The number of halogens is 1. The molecule has 6 heteroatoms. The predicted octanol–water partition coefficient (Wildman–Crippen LogP) is 2.52. The van der Waals surface area contributed by atoms with Gasteiger partial charge in [0.05, 0.1) is 5.75 Å². The Morgan fingerprint density at radius 3 is 2.75 bits per heavy atom. The minimum absolute atomic E-state index is 0.126. The molecule has 0 bridgehead atoms. The fraction of sp³-hybridized carbons (Fsp3) is 0.571. The zero-order chi connectivity index (χ0) is 15.0. The number of sulfone groups is 1. The summed E-state index contributed by atoms with van der Waals surface area (Å²) in [5, 5.41) is 3.77. The molecule has 114 valence electrons. The molecule has 1 rings (SSSR count). The van der Waals surface area contributed by atoms with E-state index >= 15 is 0 Å². The van der Waals surface area contributed by atoms with Crippen LogP contribution in [0.1, 0.15) is 19.8 Å². The lowest BCUT2D eigenvalue weighted by molar-refractivity contribution is 0.263. The van der Waals surface area contributed by atoms with E-state index in [-0.39, 0.29) is 17.5 Å². The number of rotatable bonds is 9. The van der Waals surface area contributed by atoms with Crippen LogP contribution >= 0.6 is 11.6 Å². The summed E-state index contributed by atoms with van der Waals surface area (Å²) in [6.45, 7) is 2.16. The summed E-state index contributed by atoms with van der Waals surface area (Å²) in [5.74, 6) is 1.16. The van der Waals surface area contributed by atoms with Crippen molar-refractivity contribution in [3.63, 3.8) is 0 Å². The number of likely N-dealkylation sites (N-methyl/N-ethyl adjacent to an activating group) is 1. The molecule has 20 heavy (non-hydrogen) atoms. The monoisotopic (exact) mass is 319 g/mol. The Bertz CT molecular complexity index is 505. The van der Waals surface area contributed by atoms with Crippen LogP contribution < -0.4 is 10.1 Å². The number of hydrogen-bond acceptors (Lipinski definition) is 4. The first-order valence-corrected chi connectivity index (χ1v) is 8.93. The number of hydrogen-bond donors (Lipinski definition) is 1. The fourth-order valence-corrected chi connectivity index (χ4v) is 2.83. The molecule has 0 fully saturated rings. The van der Waals surface area contributed by atoms with Gasteiger partial charge >= 0.3 is 0 Å². The molecule has 1 atom stereocenters. The van der Waals surface area contributed by atoms with Gasteiger partial charge in [-0.25, -0.2) is 8.42 Å². The molecule has 0 saturated carbocycles. The Hall–Kier alpha value is -0.780. The summed E-state index contributed by atoms with van der Waals surface area (Å²) in [6, 6.07) is 7.36. The first kappa shape index (κ1) is 17.3. The van der Waals surface area contributed by atoms with Gasteiger partial charge in [-0.05, 0) is 38.1 Å². The summed E-state index contributed by atoms with van der Waals surface area (Å²) >= 11 is 5.88. The van der Waals surface area contributed by atoms with Gasteiger partial charge in [0.15, 0.2) is 0 Å². The predicted molar refractivity (Wildman–Crippen MR) is 83.4 cm³/mol. The highest BCUT2D eigenvalue weighted by Crippen LogP contribution is 2.17. The van der Waals surface area contributed by atoms with E-state index < -0.39 is 9.84 Å². The lowest BCUT2D eigenvalue weighted by Crippen LogP contribution is -2.32. The molecule has 0 radical (unpaired) electrons. The van der Waals surface area contributed by atoms with Gasteiger partial charge in [0, 0.05) is 16.8 Å². The maximum absolute atomic E-state index is 11.4. The van der Waals surface area contributed by atoms with Gasteiger partial charge < -0.3 is 10.1 Å². The molecule has 1 unspecified atom stereocenters. The molecule has 0 aliphatic rings. The van der Waals surface area contributed by atoms with Crippen molar-refractivity contribution < 1.29 is 13.2 Å². The molecule has 0 aliphatic carbocycles. The zero-order valence-corrected chi connectivity index (χ0v) is 13.5. The minimum Gasteiger partial charge on any atom is -0.492 e. The number of ether oxygens (including phenoxy) is 1. The van der Waals surface area contributed by atoms with Crippen molar-refractivity contribution in [1.29, 1.82) is 0 Å². The Morgan fingerprint density at radius 1 is 1.40 bits per heavy atom. The summed E-state index contributed by atoms with van der Waals surface area (Å²) in [5.41, 5.74) is 0. The molecule has 0 saturated heterocycles. The SMILES string of the molecule is CCS(=O)(=O)CCCC(COc1cccc(Cl)c1)NC. The van der Waals surface area contributed by atoms with E-state index in [1.165, 1.54) is 0 Å². The van der Waals surface area contributed by atoms with Gasteiger partial charge in [-0.2, -0.15) is 0 Å². The molecular weight excluding hydrogens is 298 g/mol. The van der Waals surface area contributed by atoms with E-state index in [2.05, 4.69) is 5.32 Å². The highest BCUT2D eigenvalue weighted by atomic mass is 35.5. The molecule has 1 aromatic carbocycles. The topological polar surface area (TPSA) is 55.4 Å². The standard InChI is InChI=1S/C14H22ClNO3S/c1-3-20(17,18)9-5-7-13(16-2)11-19-14-8-4-6-12(15)10-14/h4,6,8,10,13,16H,3,5,7,9,11H2,1-2H3. The van der Waals surface area contributed by atoms with Crippen molar-refractivity contribution in [2.24, 2.45) is 0 Å². The quantitative estimate of drug-likeness (QED) is 0.760. The van der Waals surface area contributed by atoms with Crippen molar-refractivity contribution >= 4 is 21.4 Å². The van der Waals surface area contributed by atoms with Crippen LogP contribution in [0.4, 0.5) is 0 Å². The van der Waals surface area contributed by atoms with Crippen LogP contribution in [0.15, 0.2) is 24.3 Å². The van der Waals surface area contributed by atoms with E-state index in [0.717, 1.165) is 12.2 Å². The summed E-state index contributed by atoms with van der Waals surface area (Å²) in [6.07, 6.45) is 1.40. The van der Waals surface area contributed by atoms with Crippen LogP contribution in [-0.2, 0) is 9.84 Å². The highest BCUT2D eigenvalue weighted by molar-refractivity contribution is 7.91. The molecule has 0 amide bonds. The Balaban J connectivity index is 2.36. The highest BCUT2D eigenvalue weighted by Gasteiger charge is 2.11. The average molecular weight is 320 g/mol. The Kier molecular flexibility index (Phi) is 7.34. The lowest BCUT2D eigenvalue weighted by atomic mass is 10.2. The molecule has 0 spiro atoms. The Labute approximate surface area is 126 Å². The molecule has 0 aliphatic heterocycles. The Morgan fingerprint density at radius 2 is 2.15 bits per heavy atom. The van der Waals surface area contributed by atoms with Gasteiger partial charge in [-0.3, -0.25) is 0 Å². The van der Waals surface area contributed by atoms with Gasteiger partial charge in [-0.15, -0.1) is 0 Å². The summed E-state index contributed by atoms with van der Waals surface area (Å²) in [4.78, 5) is 0. The van der Waals surface area contributed by atoms with Crippen LogP contribution in [0, 0.1) is 0 Å². The molecule has 1 N–H and O–H groups in total. The minimum atomic E-state index is -2.88. The third-order valence-corrected chi connectivity index (χ3v) is 5.13. The zero-order valence-electron chi connectivity index (χ0n) is 11.9. The van der Waals surface area contributed by atoms with Crippen molar-refractivity contribution in [2.45, 2.75) is 25.8 Å². The van der Waals surface area contributed by atoms with Gasteiger partial charge in [0.1, 0.15) is 22.2 Å². The number of nitrogens with one attached hydrogen (secondary N) is 1. The average Bonchev–Trinajstić information content (AvgIpc) is 2.42. The first-order valence-electron chi connectivity index (χ1n) is 6.73. The van der Waals surface area contributed by atoms with E-state index in [0.29, 0.717) is 18.1 Å². The van der Waals surface area contributed by atoms with Crippen molar-refractivity contribution in [3.05, 3.63) is 29.3 Å². The first-order chi connectivity index (χ1) is 9.46. The van der Waals surface area contributed by atoms with Crippen LogP contribution in [0.5, 0.6) is 5.75 Å². The molecule has 0 heterocycles. The third-order valence-electron chi connectivity index (χ3n) is 3.10. The van der Waals surface area contributed by atoms with E-state index in [4.69, 9.17) is 16.3 Å². The van der Waals surface area contributed by atoms with E-state index in [1.54, 1.807) is 19.1 Å². The van der Waals surface area contributed by atoms with Crippen LogP contribution in [-0.4, -0.2) is 39.6 Å². The lowest BCUT2D eigenvalue weighted by Gasteiger charge is -2.17. The second-order valence-electron chi connectivity index (χ2n) is 4.63. The maximum Gasteiger partial charge on any atom is 0.150 e. The van der Waals surface area contributed by atoms with Crippen molar-refractivity contribution in [1.82, 2.24) is 5.32 Å². The van der Waals surface area contributed by atoms with Crippen molar-refractivity contribution in [2.75, 3.05) is 25.2 Å². The van der Waals surface area contributed by atoms with Gasteiger partial charge in [-0.1, -0.05) is 24.6 Å². The molecule has 1 aromatic rings. The normalized spacial score (nSPS) is 13.2. The fourth-order valence-electron chi connectivity index (χ4n) is 1.76. The van der Waals surface area contributed by atoms with Crippen molar-refractivity contribution in [3.8, 4) is 5.75 Å². The third kappa shape index (κ3) is 6.59. The molecular formula is C14H22ClNO3S. The summed E-state index contributed by atoms with van der Waals surface area (Å²) in [7, 11) is -1.03. The second kappa shape index (κ2) is 8.49. The van der Waals surface area contributed by atoms with Gasteiger partial charge in [0.25, 0.3) is 0 Å². The van der Waals surface area contributed by atoms with E-state index in [9.17, 15) is 8.42 Å². The largest absolute Gasteiger partial charge is 0.492 e. The number of benzene rings is 1. The van der Waals surface area contributed by atoms with Crippen LogP contribution in [0.3, 0.4) is 0 Å². The smallest absolute Gasteiger partial charge is 0.150 e. The van der Waals surface area contributed by atoms with Gasteiger partial charge in [0.2, 0.25) is 0 Å². The summed E-state index contributed by atoms with van der Waals surface area (Å²) < 4.78 is 28.5. The van der Waals surface area contributed by atoms with Crippen LogP contribution in [0.2, 0.25) is 5.02 Å².